The first kappa shape index (κ1) is 25.3. The van der Waals surface area contributed by atoms with Crippen LogP contribution in [-0.2, 0) is 21.2 Å². The number of amides is 1. The normalized spacial score (nSPS) is 16.1. The number of hydrogen-bond donors (Lipinski definition) is 0. The van der Waals surface area contributed by atoms with Crippen LogP contribution < -0.4 is 0 Å². The van der Waals surface area contributed by atoms with E-state index in [1.165, 1.54) is 26.7 Å². The Morgan fingerprint density at radius 3 is 2.60 bits per heavy atom. The molecule has 2 heterocycles. The first-order chi connectivity index (χ1) is 16.9. The van der Waals surface area contributed by atoms with Gasteiger partial charge in [-0.1, -0.05) is 55.8 Å². The van der Waals surface area contributed by atoms with Gasteiger partial charge in [-0.3, -0.25) is 4.79 Å². The van der Waals surface area contributed by atoms with Crippen LogP contribution in [-0.4, -0.2) is 43.2 Å². The van der Waals surface area contributed by atoms with Gasteiger partial charge in [-0.2, -0.15) is 4.31 Å². The largest absolute Gasteiger partial charge is 0.330 e. The van der Waals surface area contributed by atoms with Crippen molar-refractivity contribution >= 4 is 33.3 Å². The lowest BCUT2D eigenvalue weighted by Crippen LogP contribution is -2.46. The molecule has 1 amide bonds. The van der Waals surface area contributed by atoms with Crippen molar-refractivity contribution in [2.75, 3.05) is 19.6 Å². The molecule has 35 heavy (non-hydrogen) atoms. The van der Waals surface area contributed by atoms with Crippen LogP contribution in [0.4, 0.5) is 4.39 Å². The summed E-state index contributed by atoms with van der Waals surface area (Å²) in [4.78, 5) is 16.5. The summed E-state index contributed by atoms with van der Waals surface area (Å²) < 4.78 is 41.3. The van der Waals surface area contributed by atoms with Gasteiger partial charge in [0.15, 0.2) is 0 Å². The number of fused-ring (bicyclic) bond motifs is 1. The Morgan fingerprint density at radius 2 is 1.89 bits per heavy atom. The van der Waals surface area contributed by atoms with Crippen molar-refractivity contribution in [3.8, 4) is 0 Å². The Morgan fingerprint density at radius 1 is 1.14 bits per heavy atom. The number of carbonyl (C=O) groups excluding carboxylic acids is 1. The van der Waals surface area contributed by atoms with E-state index >= 15 is 0 Å². The van der Waals surface area contributed by atoms with Crippen molar-refractivity contribution < 1.29 is 17.6 Å². The molecule has 0 saturated heterocycles. The molecular weight excluding hydrogens is 483 g/mol. The molecule has 0 radical (unpaired) electrons. The van der Waals surface area contributed by atoms with E-state index in [9.17, 15) is 17.6 Å². The van der Waals surface area contributed by atoms with E-state index in [-0.39, 0.29) is 30.9 Å². The standard InChI is InChI=1S/C27H29FN2O3S2/c1-2-3-16-29(35(32,33)19-15-21-7-5-4-6-8-21)20-26(31)30-17-13-25-24(14-18-34-25)27(30)22-9-11-23(28)12-10-22/h4-12,14-15,18-19,27H,2-3,13,16-17,20H2,1H3/b19-15+. The second-order valence-electron chi connectivity index (χ2n) is 8.54. The van der Waals surface area contributed by atoms with Gasteiger partial charge in [-0.25, -0.2) is 12.8 Å². The highest BCUT2D eigenvalue weighted by Gasteiger charge is 2.34. The number of carbonyl (C=O) groups is 1. The quantitative estimate of drug-likeness (QED) is 0.382. The summed E-state index contributed by atoms with van der Waals surface area (Å²) in [7, 11) is -3.81. The molecule has 0 fully saturated rings. The van der Waals surface area contributed by atoms with Crippen molar-refractivity contribution in [3.63, 3.8) is 0 Å². The molecule has 0 bridgehead atoms. The number of halogens is 1. The third kappa shape index (κ3) is 6.07. The molecule has 1 atom stereocenters. The molecule has 4 rings (SSSR count). The Hall–Kier alpha value is -2.81. The smallest absolute Gasteiger partial charge is 0.238 e. The third-order valence-corrected chi connectivity index (χ3v) is 8.64. The van der Waals surface area contributed by atoms with Gasteiger partial charge in [0.05, 0.1) is 12.6 Å². The van der Waals surface area contributed by atoms with Gasteiger partial charge >= 0.3 is 0 Å². The molecule has 0 saturated carbocycles. The van der Waals surface area contributed by atoms with Gasteiger partial charge in [-0.15, -0.1) is 11.3 Å². The summed E-state index contributed by atoms with van der Waals surface area (Å²) in [5, 5.41) is 3.18. The van der Waals surface area contributed by atoms with Crippen LogP contribution in [0.5, 0.6) is 0 Å². The lowest BCUT2D eigenvalue weighted by Gasteiger charge is -2.37. The van der Waals surface area contributed by atoms with Crippen LogP contribution in [0.2, 0.25) is 0 Å². The Bertz CT molecular complexity index is 1270. The number of sulfonamides is 1. The summed E-state index contributed by atoms with van der Waals surface area (Å²) >= 11 is 1.65. The molecule has 2 aromatic carbocycles. The highest BCUT2D eigenvalue weighted by Crippen LogP contribution is 2.38. The van der Waals surface area contributed by atoms with E-state index < -0.39 is 10.0 Å². The fraction of sp³-hybridized carbons (Fsp3) is 0.296. The zero-order valence-corrected chi connectivity index (χ0v) is 21.3. The molecule has 1 aliphatic rings. The number of nitrogens with zero attached hydrogens (tertiary/aromatic N) is 2. The van der Waals surface area contributed by atoms with Gasteiger partial charge < -0.3 is 4.90 Å². The Balaban J connectivity index is 1.60. The third-order valence-electron chi connectivity index (χ3n) is 6.14. The summed E-state index contributed by atoms with van der Waals surface area (Å²) in [6.45, 7) is 2.50. The van der Waals surface area contributed by atoms with Crippen molar-refractivity contribution in [1.82, 2.24) is 9.21 Å². The van der Waals surface area contributed by atoms with Gasteiger partial charge in [-0.05, 0) is 59.2 Å². The van der Waals surface area contributed by atoms with E-state index in [0.717, 1.165) is 23.1 Å². The first-order valence-electron chi connectivity index (χ1n) is 11.7. The molecule has 1 aliphatic heterocycles. The van der Waals surface area contributed by atoms with Crippen molar-refractivity contribution in [2.24, 2.45) is 0 Å². The molecule has 0 N–H and O–H groups in total. The van der Waals surface area contributed by atoms with Crippen LogP contribution in [0.15, 0.2) is 71.5 Å². The minimum atomic E-state index is -3.81. The molecule has 5 nitrogen and oxygen atoms in total. The average Bonchev–Trinajstić information content (AvgIpc) is 3.35. The minimum absolute atomic E-state index is 0.237. The van der Waals surface area contributed by atoms with E-state index in [0.29, 0.717) is 19.4 Å². The van der Waals surface area contributed by atoms with Crippen LogP contribution in [0.25, 0.3) is 6.08 Å². The molecule has 1 unspecified atom stereocenters. The SMILES string of the molecule is CCCCN(CC(=O)N1CCc2sccc2C1c1ccc(F)cc1)S(=O)(=O)/C=C/c1ccccc1. The van der Waals surface area contributed by atoms with Gasteiger partial charge in [0.25, 0.3) is 0 Å². The summed E-state index contributed by atoms with van der Waals surface area (Å²) in [6.07, 6.45) is 3.73. The highest BCUT2D eigenvalue weighted by molar-refractivity contribution is 7.92. The van der Waals surface area contributed by atoms with Crippen LogP contribution in [0.3, 0.4) is 0 Å². The van der Waals surface area contributed by atoms with Crippen molar-refractivity contribution in [2.45, 2.75) is 32.2 Å². The monoisotopic (exact) mass is 512 g/mol. The summed E-state index contributed by atoms with van der Waals surface area (Å²) in [6, 6.07) is 17.0. The highest BCUT2D eigenvalue weighted by atomic mass is 32.2. The summed E-state index contributed by atoms with van der Waals surface area (Å²) in [5.74, 6) is -0.598. The maximum atomic E-state index is 13.6. The van der Waals surface area contributed by atoms with E-state index in [4.69, 9.17) is 0 Å². The maximum Gasteiger partial charge on any atom is 0.238 e. The van der Waals surface area contributed by atoms with E-state index in [1.807, 2.05) is 48.7 Å². The summed E-state index contributed by atoms with van der Waals surface area (Å²) in [5.41, 5.74) is 2.61. The van der Waals surface area contributed by atoms with Gasteiger partial charge in [0, 0.05) is 23.4 Å². The Kier molecular flexibility index (Phi) is 8.15. The molecule has 8 heteroatoms. The van der Waals surface area contributed by atoms with Gasteiger partial charge in [0.1, 0.15) is 5.82 Å². The van der Waals surface area contributed by atoms with Crippen molar-refractivity contribution in [3.05, 3.63) is 98.8 Å². The zero-order chi connectivity index (χ0) is 24.8. The van der Waals surface area contributed by atoms with Crippen molar-refractivity contribution in [1.29, 1.82) is 0 Å². The molecule has 1 aromatic heterocycles. The minimum Gasteiger partial charge on any atom is -0.330 e. The predicted molar refractivity (Wildman–Crippen MR) is 139 cm³/mol. The maximum absolute atomic E-state index is 13.6. The van der Waals surface area contributed by atoms with Crippen LogP contribution in [0, 0.1) is 5.82 Å². The number of benzene rings is 2. The molecule has 184 valence electrons. The molecule has 0 aliphatic carbocycles. The number of thiophene rings is 1. The second-order valence-corrected chi connectivity index (χ2v) is 11.4. The molecule has 0 spiro atoms. The van der Waals surface area contributed by atoms with E-state index in [1.54, 1.807) is 34.4 Å². The predicted octanol–water partition coefficient (Wildman–Crippen LogP) is 5.46. The number of hydrogen-bond acceptors (Lipinski definition) is 4. The van der Waals surface area contributed by atoms with Crippen LogP contribution >= 0.6 is 11.3 Å². The average molecular weight is 513 g/mol. The fourth-order valence-electron chi connectivity index (χ4n) is 4.28. The zero-order valence-electron chi connectivity index (χ0n) is 19.6. The first-order valence-corrected chi connectivity index (χ1v) is 14.1. The van der Waals surface area contributed by atoms with Crippen LogP contribution in [0.1, 0.15) is 47.4 Å². The fourth-order valence-corrected chi connectivity index (χ4v) is 6.36. The second kappa shape index (κ2) is 11.3. The number of rotatable bonds is 9. The Labute approximate surface area is 210 Å². The van der Waals surface area contributed by atoms with E-state index in [2.05, 4.69) is 0 Å². The van der Waals surface area contributed by atoms with Gasteiger partial charge in [0.2, 0.25) is 15.9 Å². The molecule has 3 aromatic rings. The number of unbranched alkanes of at least 4 members (excludes halogenated alkanes) is 1. The lowest BCUT2D eigenvalue weighted by molar-refractivity contribution is -0.133. The molecular formula is C27H29FN2O3S2. The lowest BCUT2D eigenvalue weighted by atomic mass is 9.93. The topological polar surface area (TPSA) is 57.7 Å².